The summed E-state index contributed by atoms with van der Waals surface area (Å²) in [6, 6.07) is 3.48. The van der Waals surface area contributed by atoms with E-state index in [1.807, 2.05) is 13.8 Å². The molecule has 2 N–H and O–H groups in total. The Bertz CT molecular complexity index is 676. The zero-order valence-electron chi connectivity index (χ0n) is 14.5. The second-order valence-corrected chi connectivity index (χ2v) is 6.81. The Morgan fingerprint density at radius 3 is 2.96 bits per heavy atom. The zero-order chi connectivity index (χ0) is 17.9. The molecule has 2 aliphatic heterocycles. The van der Waals surface area contributed by atoms with Crippen LogP contribution in [-0.4, -0.2) is 52.3 Å². The summed E-state index contributed by atoms with van der Waals surface area (Å²) in [7, 11) is 0. The fourth-order valence-electron chi connectivity index (χ4n) is 3.11. The molecule has 3 rings (SSSR count). The molecule has 2 aliphatic rings. The van der Waals surface area contributed by atoms with E-state index in [1.165, 1.54) is 0 Å². The van der Waals surface area contributed by atoms with Crippen LogP contribution in [-0.2, 0) is 9.63 Å². The summed E-state index contributed by atoms with van der Waals surface area (Å²) in [6.07, 6.45) is 5.19. The first-order chi connectivity index (χ1) is 12.0. The van der Waals surface area contributed by atoms with Crippen LogP contribution in [0, 0.1) is 0 Å². The number of hydrogen-bond donors (Lipinski definition) is 2. The highest BCUT2D eigenvalue weighted by Gasteiger charge is 2.45. The lowest BCUT2D eigenvalue weighted by molar-refractivity contribution is -0.110. The molecule has 134 valence electrons. The number of anilines is 1. The maximum absolute atomic E-state index is 12.4. The predicted octanol–water partition coefficient (Wildman–Crippen LogP) is 1.75. The first-order valence-electron chi connectivity index (χ1n) is 8.49. The molecule has 1 saturated heterocycles. The van der Waals surface area contributed by atoms with Gasteiger partial charge in [0.05, 0.1) is 18.4 Å². The number of hydrogen-bond acceptors (Lipinski definition) is 5. The van der Waals surface area contributed by atoms with Crippen LogP contribution in [0.3, 0.4) is 0 Å². The number of likely N-dealkylation sites (tertiary alicyclic amines) is 1. The molecule has 1 fully saturated rings. The molecule has 1 aromatic heterocycles. The number of aromatic nitrogens is 1. The normalized spacial score (nSPS) is 22.5. The Morgan fingerprint density at radius 2 is 2.24 bits per heavy atom. The van der Waals surface area contributed by atoms with Crippen molar-refractivity contribution in [3.63, 3.8) is 0 Å². The molecule has 0 saturated carbocycles. The van der Waals surface area contributed by atoms with Gasteiger partial charge in [0.2, 0.25) is 0 Å². The maximum Gasteiger partial charge on any atom is 0.317 e. The van der Waals surface area contributed by atoms with E-state index in [4.69, 9.17) is 4.84 Å². The molecule has 1 spiro atoms. The highest BCUT2D eigenvalue weighted by atomic mass is 16.7. The van der Waals surface area contributed by atoms with Gasteiger partial charge in [-0.1, -0.05) is 5.16 Å². The van der Waals surface area contributed by atoms with Crippen molar-refractivity contribution >= 4 is 23.3 Å². The summed E-state index contributed by atoms with van der Waals surface area (Å²) in [5.41, 5.74) is 0.349. The number of nitrogens with one attached hydrogen (secondary N) is 2. The van der Waals surface area contributed by atoms with Crippen LogP contribution in [0.2, 0.25) is 0 Å². The number of pyridine rings is 1. The van der Waals surface area contributed by atoms with E-state index in [0.29, 0.717) is 30.9 Å². The molecular weight excluding hydrogens is 322 g/mol. The Morgan fingerprint density at radius 1 is 1.40 bits per heavy atom. The number of rotatable bonds is 3. The standard InChI is InChI=1S/C17H23N5O3/c1-12(2)19-16(24)22-8-4-6-17(11-22)9-14(21-25-17)15(23)20-13-5-3-7-18-10-13/h3,5,7,10,12H,4,6,8-9,11H2,1-2H3,(H,19,24)(H,20,23)/t17-/m1/s1. The van der Waals surface area contributed by atoms with Crippen LogP contribution in [0.25, 0.3) is 0 Å². The summed E-state index contributed by atoms with van der Waals surface area (Å²) in [5.74, 6) is -0.298. The number of carbonyl (C=O) groups excluding carboxylic acids is 2. The molecule has 0 bridgehead atoms. The fraction of sp³-hybridized carbons (Fsp3) is 0.529. The molecule has 0 aliphatic carbocycles. The quantitative estimate of drug-likeness (QED) is 0.872. The molecule has 8 heteroatoms. The van der Waals surface area contributed by atoms with Crippen LogP contribution in [0.1, 0.15) is 33.1 Å². The summed E-state index contributed by atoms with van der Waals surface area (Å²) in [5, 5.41) is 9.64. The van der Waals surface area contributed by atoms with Gasteiger partial charge in [-0.25, -0.2) is 4.79 Å². The van der Waals surface area contributed by atoms with E-state index in [2.05, 4.69) is 20.8 Å². The summed E-state index contributed by atoms with van der Waals surface area (Å²) in [6.45, 7) is 4.96. The Labute approximate surface area is 146 Å². The minimum atomic E-state index is -0.603. The number of amides is 3. The molecule has 0 radical (unpaired) electrons. The van der Waals surface area contributed by atoms with E-state index >= 15 is 0 Å². The van der Waals surface area contributed by atoms with E-state index in [1.54, 1.807) is 29.4 Å². The molecule has 3 heterocycles. The van der Waals surface area contributed by atoms with Crippen LogP contribution in [0.4, 0.5) is 10.5 Å². The maximum atomic E-state index is 12.4. The second-order valence-electron chi connectivity index (χ2n) is 6.81. The van der Waals surface area contributed by atoms with Gasteiger partial charge in [0, 0.05) is 25.2 Å². The molecule has 1 atom stereocenters. The Hall–Kier alpha value is -2.64. The van der Waals surface area contributed by atoms with Crippen LogP contribution < -0.4 is 10.6 Å². The number of urea groups is 1. The van der Waals surface area contributed by atoms with Crippen LogP contribution >= 0.6 is 0 Å². The largest absolute Gasteiger partial charge is 0.386 e. The molecule has 1 aromatic rings. The first-order valence-corrected chi connectivity index (χ1v) is 8.49. The number of carbonyl (C=O) groups is 2. The molecule has 8 nitrogen and oxygen atoms in total. The van der Waals surface area contributed by atoms with Gasteiger partial charge in [-0.15, -0.1) is 0 Å². The van der Waals surface area contributed by atoms with E-state index in [-0.39, 0.29) is 18.0 Å². The van der Waals surface area contributed by atoms with Gasteiger partial charge in [0.1, 0.15) is 5.71 Å². The molecular formula is C17H23N5O3. The number of oxime groups is 1. The van der Waals surface area contributed by atoms with Crippen molar-refractivity contribution in [3.05, 3.63) is 24.5 Å². The van der Waals surface area contributed by atoms with Gasteiger partial charge >= 0.3 is 6.03 Å². The molecule has 3 amide bonds. The first kappa shape index (κ1) is 17.2. The lowest BCUT2D eigenvalue weighted by Gasteiger charge is -2.38. The molecule has 0 aromatic carbocycles. The van der Waals surface area contributed by atoms with Crippen molar-refractivity contribution in [2.75, 3.05) is 18.4 Å². The van der Waals surface area contributed by atoms with Crippen molar-refractivity contribution in [2.45, 2.75) is 44.8 Å². The monoisotopic (exact) mass is 345 g/mol. The SMILES string of the molecule is CC(C)NC(=O)N1CCC[C@@]2(CC(C(=O)Nc3cccnc3)=NO2)C1. The van der Waals surface area contributed by atoms with Crippen molar-refractivity contribution in [3.8, 4) is 0 Å². The van der Waals surface area contributed by atoms with Gasteiger partial charge in [0.25, 0.3) is 5.91 Å². The van der Waals surface area contributed by atoms with Crippen LogP contribution in [0.15, 0.2) is 29.7 Å². The Kier molecular flexibility index (Phi) is 4.87. The third kappa shape index (κ3) is 4.07. The van der Waals surface area contributed by atoms with E-state index < -0.39 is 5.60 Å². The van der Waals surface area contributed by atoms with Crippen molar-refractivity contribution < 1.29 is 14.4 Å². The third-order valence-electron chi connectivity index (χ3n) is 4.26. The fourth-order valence-corrected chi connectivity index (χ4v) is 3.11. The van der Waals surface area contributed by atoms with E-state index in [9.17, 15) is 9.59 Å². The Balaban J connectivity index is 1.60. The second kappa shape index (κ2) is 7.08. The lowest BCUT2D eigenvalue weighted by Crippen LogP contribution is -2.54. The minimum Gasteiger partial charge on any atom is -0.386 e. The van der Waals surface area contributed by atoms with Gasteiger partial charge in [-0.3, -0.25) is 9.78 Å². The number of nitrogens with zero attached hydrogens (tertiary/aromatic N) is 3. The lowest BCUT2D eigenvalue weighted by atomic mass is 9.88. The van der Waals surface area contributed by atoms with Gasteiger partial charge in [-0.05, 0) is 38.8 Å². The highest BCUT2D eigenvalue weighted by molar-refractivity contribution is 6.43. The zero-order valence-corrected chi connectivity index (χ0v) is 14.5. The smallest absolute Gasteiger partial charge is 0.317 e. The van der Waals surface area contributed by atoms with Crippen molar-refractivity contribution in [1.82, 2.24) is 15.2 Å². The average Bonchev–Trinajstić information content (AvgIpc) is 2.99. The third-order valence-corrected chi connectivity index (χ3v) is 4.26. The van der Waals surface area contributed by atoms with Crippen LogP contribution in [0.5, 0.6) is 0 Å². The molecule has 0 unspecified atom stereocenters. The summed E-state index contributed by atoms with van der Waals surface area (Å²) in [4.78, 5) is 35.9. The average molecular weight is 345 g/mol. The van der Waals surface area contributed by atoms with E-state index in [0.717, 1.165) is 12.8 Å². The van der Waals surface area contributed by atoms with Crippen molar-refractivity contribution in [1.29, 1.82) is 0 Å². The minimum absolute atomic E-state index is 0.0759. The van der Waals surface area contributed by atoms with Gasteiger partial charge in [-0.2, -0.15) is 0 Å². The summed E-state index contributed by atoms with van der Waals surface area (Å²) >= 11 is 0. The predicted molar refractivity (Wildman–Crippen MR) is 93.2 cm³/mol. The highest BCUT2D eigenvalue weighted by Crippen LogP contribution is 2.33. The topological polar surface area (TPSA) is 95.9 Å². The molecule has 25 heavy (non-hydrogen) atoms. The number of piperidine rings is 1. The van der Waals surface area contributed by atoms with Gasteiger partial charge < -0.3 is 20.4 Å². The summed E-state index contributed by atoms with van der Waals surface area (Å²) < 4.78 is 0. The van der Waals surface area contributed by atoms with Crippen molar-refractivity contribution in [2.24, 2.45) is 5.16 Å². The van der Waals surface area contributed by atoms with Gasteiger partial charge in [0.15, 0.2) is 5.60 Å².